The van der Waals surface area contributed by atoms with Crippen LogP contribution in [-0.4, -0.2) is 18.2 Å². The van der Waals surface area contributed by atoms with Crippen LogP contribution in [0.5, 0.6) is 11.5 Å². The monoisotopic (exact) mass is 465 g/mol. The molecule has 176 valence electrons. The summed E-state index contributed by atoms with van der Waals surface area (Å²) in [6, 6.07) is 20.0. The Balaban J connectivity index is 1.39. The van der Waals surface area contributed by atoms with Crippen LogP contribution in [0.2, 0.25) is 0 Å². The quantitative estimate of drug-likeness (QED) is 0.254. The predicted molar refractivity (Wildman–Crippen MR) is 127 cm³/mol. The molecule has 0 aliphatic rings. The largest absolute Gasteiger partial charge is 0.492 e. The predicted octanol–water partition coefficient (Wildman–Crippen LogP) is 6.94. The van der Waals surface area contributed by atoms with Crippen molar-refractivity contribution in [2.24, 2.45) is 0 Å². The van der Waals surface area contributed by atoms with Crippen LogP contribution in [0.3, 0.4) is 0 Å². The van der Waals surface area contributed by atoms with E-state index in [1.807, 2.05) is 49.4 Å². The number of fused-ring (bicyclic) bond motifs is 1. The molecule has 0 saturated heterocycles. The standard InChI is InChI=1S/C28H26F3NO2/c1-2-33-25-15-12-23(32-18-25)11-4-20-7-16-26-22(17-20)10-9-21(27(26)29)8-3-19-5-13-24(14-6-19)34-28(30)31/h5-7,9-10,12-18,28H,2-4,8,11H2,1H3. The highest BCUT2D eigenvalue weighted by Crippen LogP contribution is 2.25. The number of benzene rings is 3. The van der Waals surface area contributed by atoms with E-state index < -0.39 is 6.61 Å². The summed E-state index contributed by atoms with van der Waals surface area (Å²) in [5.74, 6) is 0.667. The number of hydrogen-bond acceptors (Lipinski definition) is 3. The molecule has 0 aliphatic heterocycles. The second-order valence-electron chi connectivity index (χ2n) is 8.03. The Morgan fingerprint density at radius 2 is 1.53 bits per heavy atom. The maximum Gasteiger partial charge on any atom is 0.387 e. The molecule has 0 spiro atoms. The van der Waals surface area contributed by atoms with E-state index in [0.717, 1.165) is 40.8 Å². The van der Waals surface area contributed by atoms with Gasteiger partial charge in [-0.2, -0.15) is 8.78 Å². The van der Waals surface area contributed by atoms with E-state index in [9.17, 15) is 8.78 Å². The van der Waals surface area contributed by atoms with Gasteiger partial charge in [-0.3, -0.25) is 4.98 Å². The molecule has 0 fully saturated rings. The zero-order chi connectivity index (χ0) is 23.9. The summed E-state index contributed by atoms with van der Waals surface area (Å²) in [7, 11) is 0. The lowest BCUT2D eigenvalue weighted by molar-refractivity contribution is -0.0498. The second kappa shape index (κ2) is 11.1. The van der Waals surface area contributed by atoms with Gasteiger partial charge in [0.25, 0.3) is 0 Å². The summed E-state index contributed by atoms with van der Waals surface area (Å²) < 4.78 is 49.5. The molecule has 0 unspecified atom stereocenters. The summed E-state index contributed by atoms with van der Waals surface area (Å²) >= 11 is 0. The van der Waals surface area contributed by atoms with Crippen LogP contribution in [-0.2, 0) is 25.7 Å². The van der Waals surface area contributed by atoms with Gasteiger partial charge >= 0.3 is 6.61 Å². The van der Waals surface area contributed by atoms with E-state index in [0.29, 0.717) is 30.4 Å². The van der Waals surface area contributed by atoms with E-state index in [1.54, 1.807) is 18.3 Å². The molecule has 4 rings (SSSR count). The zero-order valence-corrected chi connectivity index (χ0v) is 18.9. The Morgan fingerprint density at radius 1 is 0.794 bits per heavy atom. The van der Waals surface area contributed by atoms with E-state index in [1.165, 1.54) is 12.1 Å². The van der Waals surface area contributed by atoms with Gasteiger partial charge in [-0.1, -0.05) is 42.5 Å². The average molecular weight is 466 g/mol. The summed E-state index contributed by atoms with van der Waals surface area (Å²) in [4.78, 5) is 4.44. The summed E-state index contributed by atoms with van der Waals surface area (Å²) in [6.45, 7) is -0.293. The lowest BCUT2D eigenvalue weighted by Gasteiger charge is -2.10. The molecule has 4 aromatic rings. The van der Waals surface area contributed by atoms with Gasteiger partial charge in [-0.25, -0.2) is 4.39 Å². The molecule has 34 heavy (non-hydrogen) atoms. The minimum absolute atomic E-state index is 0.116. The number of aryl methyl sites for hydroxylation is 4. The zero-order valence-electron chi connectivity index (χ0n) is 18.9. The van der Waals surface area contributed by atoms with Crippen molar-refractivity contribution in [3.63, 3.8) is 0 Å². The van der Waals surface area contributed by atoms with Crippen molar-refractivity contribution < 1.29 is 22.6 Å². The maximum absolute atomic E-state index is 15.1. The minimum Gasteiger partial charge on any atom is -0.492 e. The van der Waals surface area contributed by atoms with E-state index in [4.69, 9.17) is 4.74 Å². The fourth-order valence-corrected chi connectivity index (χ4v) is 3.93. The molecular formula is C28H26F3NO2. The number of ether oxygens (including phenoxy) is 2. The van der Waals surface area contributed by atoms with Crippen LogP contribution in [0.15, 0.2) is 72.9 Å². The smallest absolute Gasteiger partial charge is 0.387 e. The molecule has 0 bridgehead atoms. The molecular weight excluding hydrogens is 439 g/mol. The van der Waals surface area contributed by atoms with Crippen LogP contribution in [0.25, 0.3) is 10.8 Å². The average Bonchev–Trinajstić information content (AvgIpc) is 2.84. The van der Waals surface area contributed by atoms with Crippen molar-refractivity contribution in [1.82, 2.24) is 4.98 Å². The fourth-order valence-electron chi connectivity index (χ4n) is 3.93. The van der Waals surface area contributed by atoms with Crippen LogP contribution in [0.1, 0.15) is 29.3 Å². The molecule has 0 aliphatic carbocycles. The van der Waals surface area contributed by atoms with Gasteiger partial charge in [-0.15, -0.1) is 0 Å². The molecule has 3 aromatic carbocycles. The van der Waals surface area contributed by atoms with E-state index in [2.05, 4.69) is 9.72 Å². The van der Waals surface area contributed by atoms with Crippen LogP contribution < -0.4 is 9.47 Å². The fraction of sp³-hybridized carbons (Fsp3) is 0.250. The molecule has 3 nitrogen and oxygen atoms in total. The van der Waals surface area contributed by atoms with Crippen LogP contribution >= 0.6 is 0 Å². The molecule has 0 radical (unpaired) electrons. The Hall–Kier alpha value is -3.54. The first-order valence-corrected chi connectivity index (χ1v) is 11.3. The van der Waals surface area contributed by atoms with Crippen molar-refractivity contribution in [2.75, 3.05) is 6.61 Å². The van der Waals surface area contributed by atoms with E-state index in [-0.39, 0.29) is 11.6 Å². The molecule has 1 heterocycles. The Kier molecular flexibility index (Phi) is 7.68. The van der Waals surface area contributed by atoms with Crippen molar-refractivity contribution in [1.29, 1.82) is 0 Å². The minimum atomic E-state index is -2.85. The van der Waals surface area contributed by atoms with Gasteiger partial charge in [-0.05, 0) is 78.9 Å². The van der Waals surface area contributed by atoms with Crippen molar-refractivity contribution >= 4 is 10.8 Å². The Morgan fingerprint density at radius 3 is 2.24 bits per heavy atom. The van der Waals surface area contributed by atoms with Gasteiger partial charge in [0.1, 0.15) is 17.3 Å². The van der Waals surface area contributed by atoms with Crippen molar-refractivity contribution in [2.45, 2.75) is 39.2 Å². The van der Waals surface area contributed by atoms with Crippen LogP contribution in [0.4, 0.5) is 13.2 Å². The molecule has 1 aromatic heterocycles. The van der Waals surface area contributed by atoms with Gasteiger partial charge in [0.15, 0.2) is 0 Å². The van der Waals surface area contributed by atoms with Crippen molar-refractivity contribution in [3.8, 4) is 11.5 Å². The third-order valence-corrected chi connectivity index (χ3v) is 5.71. The first kappa shape index (κ1) is 23.6. The number of hydrogen-bond donors (Lipinski definition) is 0. The number of alkyl halides is 2. The number of aromatic nitrogens is 1. The lowest BCUT2D eigenvalue weighted by Crippen LogP contribution is -2.02. The number of rotatable bonds is 10. The number of pyridine rings is 1. The van der Waals surface area contributed by atoms with E-state index >= 15 is 4.39 Å². The van der Waals surface area contributed by atoms with Gasteiger partial charge in [0, 0.05) is 11.1 Å². The first-order valence-electron chi connectivity index (χ1n) is 11.3. The normalized spacial score (nSPS) is 11.2. The Labute approximate surface area is 197 Å². The van der Waals surface area contributed by atoms with Gasteiger partial charge in [0.05, 0.1) is 12.8 Å². The SMILES string of the molecule is CCOc1ccc(CCc2ccc3c(F)c(CCc4ccc(OC(F)F)cc4)ccc3c2)nc1. The van der Waals surface area contributed by atoms with Crippen LogP contribution in [0, 0.1) is 5.82 Å². The number of halogens is 3. The Bertz CT molecular complexity index is 1230. The second-order valence-corrected chi connectivity index (χ2v) is 8.03. The molecule has 0 atom stereocenters. The highest BCUT2D eigenvalue weighted by Gasteiger charge is 2.10. The number of nitrogens with zero attached hydrogens (tertiary/aromatic N) is 1. The summed E-state index contributed by atoms with van der Waals surface area (Å²) in [6.07, 6.45) is 4.46. The van der Waals surface area contributed by atoms with Crippen molar-refractivity contribution in [3.05, 3.63) is 101 Å². The lowest BCUT2D eigenvalue weighted by atomic mass is 9.98. The third-order valence-electron chi connectivity index (χ3n) is 5.71. The first-order chi connectivity index (χ1) is 16.5. The highest BCUT2D eigenvalue weighted by molar-refractivity contribution is 5.84. The topological polar surface area (TPSA) is 31.4 Å². The molecule has 6 heteroatoms. The molecule has 0 amide bonds. The highest BCUT2D eigenvalue weighted by atomic mass is 19.3. The molecule has 0 N–H and O–H groups in total. The summed E-state index contributed by atoms with van der Waals surface area (Å²) in [5, 5.41) is 1.47. The van der Waals surface area contributed by atoms with Gasteiger partial charge < -0.3 is 9.47 Å². The third kappa shape index (κ3) is 6.07. The summed E-state index contributed by atoms with van der Waals surface area (Å²) in [5.41, 5.74) is 3.67. The maximum atomic E-state index is 15.1. The molecule has 0 saturated carbocycles. The van der Waals surface area contributed by atoms with Gasteiger partial charge in [0.2, 0.25) is 0 Å².